The monoisotopic (exact) mass is 375 g/mol. The van der Waals surface area contributed by atoms with Gasteiger partial charge in [0.25, 0.3) is 0 Å². The number of para-hydroxylation sites is 1. The van der Waals surface area contributed by atoms with Gasteiger partial charge in [-0.05, 0) is 56.7 Å². The average molecular weight is 375 g/mol. The number of piperazine rings is 1. The van der Waals surface area contributed by atoms with Gasteiger partial charge in [-0.2, -0.15) is 0 Å². The van der Waals surface area contributed by atoms with Crippen LogP contribution in [0, 0.1) is 5.92 Å². The van der Waals surface area contributed by atoms with Gasteiger partial charge in [0.2, 0.25) is 6.79 Å². The number of amides is 1. The van der Waals surface area contributed by atoms with Crippen molar-refractivity contribution < 1.29 is 19.4 Å². The maximum Gasteiger partial charge on any atom is 0.404 e. The third-order valence-corrected chi connectivity index (χ3v) is 6.12. The van der Waals surface area contributed by atoms with Crippen molar-refractivity contribution in [2.24, 2.45) is 5.92 Å². The van der Waals surface area contributed by atoms with Gasteiger partial charge < -0.3 is 24.8 Å². The quantitative estimate of drug-likeness (QED) is 0.824. The van der Waals surface area contributed by atoms with E-state index in [1.807, 2.05) is 12.1 Å². The maximum absolute atomic E-state index is 10.7. The van der Waals surface area contributed by atoms with E-state index in [2.05, 4.69) is 21.2 Å². The molecule has 0 radical (unpaired) electrons. The summed E-state index contributed by atoms with van der Waals surface area (Å²) in [5.74, 6) is 2.47. The lowest BCUT2D eigenvalue weighted by atomic mass is 9.84. The predicted octanol–water partition coefficient (Wildman–Crippen LogP) is 2.75. The van der Waals surface area contributed by atoms with E-state index in [0.29, 0.717) is 6.79 Å². The van der Waals surface area contributed by atoms with Gasteiger partial charge in [-0.15, -0.1) is 0 Å². The minimum absolute atomic E-state index is 0.154. The summed E-state index contributed by atoms with van der Waals surface area (Å²) in [5.41, 5.74) is 1.15. The highest BCUT2D eigenvalue weighted by Gasteiger charge is 2.26. The second-order valence-electron chi connectivity index (χ2n) is 7.80. The van der Waals surface area contributed by atoms with Crippen molar-refractivity contribution in [1.29, 1.82) is 0 Å². The summed E-state index contributed by atoms with van der Waals surface area (Å²) < 4.78 is 11.1. The lowest BCUT2D eigenvalue weighted by molar-refractivity contribution is 0.173. The first kappa shape index (κ1) is 18.2. The van der Waals surface area contributed by atoms with Gasteiger partial charge in [0.05, 0.1) is 5.69 Å². The third kappa shape index (κ3) is 4.40. The molecule has 4 rings (SSSR count). The van der Waals surface area contributed by atoms with Gasteiger partial charge in [0.1, 0.15) is 0 Å². The molecule has 148 valence electrons. The third-order valence-electron chi connectivity index (χ3n) is 6.12. The van der Waals surface area contributed by atoms with Gasteiger partial charge in [0.15, 0.2) is 11.5 Å². The number of fused-ring (bicyclic) bond motifs is 1. The fourth-order valence-corrected chi connectivity index (χ4v) is 4.51. The van der Waals surface area contributed by atoms with Crippen LogP contribution in [0.5, 0.6) is 11.5 Å². The highest BCUT2D eigenvalue weighted by molar-refractivity contribution is 5.66. The van der Waals surface area contributed by atoms with E-state index < -0.39 is 6.09 Å². The smallest absolute Gasteiger partial charge is 0.404 e. The van der Waals surface area contributed by atoms with Gasteiger partial charge in [-0.1, -0.05) is 6.07 Å². The number of hydrogen-bond acceptors (Lipinski definition) is 5. The molecule has 0 bridgehead atoms. The number of carbonyl (C=O) groups is 1. The summed E-state index contributed by atoms with van der Waals surface area (Å²) in [6.07, 6.45) is 4.56. The molecule has 2 fully saturated rings. The number of ether oxygens (including phenoxy) is 2. The molecule has 1 aromatic carbocycles. The first-order valence-corrected chi connectivity index (χ1v) is 10.0. The molecule has 1 aliphatic carbocycles. The molecule has 7 heteroatoms. The molecule has 1 amide bonds. The number of nitrogens with zero attached hydrogens (tertiary/aromatic N) is 2. The number of anilines is 1. The Bertz CT molecular complexity index is 653. The first-order chi connectivity index (χ1) is 13.2. The lowest BCUT2D eigenvalue weighted by Gasteiger charge is -2.37. The number of benzene rings is 1. The maximum atomic E-state index is 10.7. The number of hydrogen-bond donors (Lipinski definition) is 2. The molecule has 0 atom stereocenters. The van der Waals surface area contributed by atoms with Crippen LogP contribution in [0.4, 0.5) is 10.5 Å². The zero-order chi connectivity index (χ0) is 18.6. The van der Waals surface area contributed by atoms with Crippen LogP contribution in [0.2, 0.25) is 0 Å². The summed E-state index contributed by atoms with van der Waals surface area (Å²) >= 11 is 0. The summed E-state index contributed by atoms with van der Waals surface area (Å²) in [4.78, 5) is 15.7. The summed E-state index contributed by atoms with van der Waals surface area (Å²) in [6, 6.07) is 6.27. The van der Waals surface area contributed by atoms with Crippen molar-refractivity contribution in [3.05, 3.63) is 18.2 Å². The molecule has 2 aliphatic heterocycles. The number of rotatable bonds is 5. The van der Waals surface area contributed by atoms with Crippen LogP contribution >= 0.6 is 0 Å². The van der Waals surface area contributed by atoms with E-state index in [1.165, 1.54) is 6.42 Å². The Hall–Kier alpha value is -2.15. The Morgan fingerprint density at radius 2 is 1.89 bits per heavy atom. The Labute approximate surface area is 160 Å². The molecule has 0 unspecified atom stereocenters. The summed E-state index contributed by atoms with van der Waals surface area (Å²) in [5, 5.41) is 11.5. The molecule has 2 N–H and O–H groups in total. The molecular formula is C20H29N3O4. The fraction of sp³-hybridized carbons (Fsp3) is 0.650. The van der Waals surface area contributed by atoms with Crippen molar-refractivity contribution in [2.75, 3.05) is 44.4 Å². The van der Waals surface area contributed by atoms with Crippen LogP contribution in [0.15, 0.2) is 18.2 Å². The largest absolute Gasteiger partial charge is 0.465 e. The second-order valence-corrected chi connectivity index (χ2v) is 7.80. The van der Waals surface area contributed by atoms with E-state index in [-0.39, 0.29) is 6.04 Å². The highest BCUT2D eigenvalue weighted by Crippen LogP contribution is 2.41. The topological polar surface area (TPSA) is 74.3 Å². The normalized spacial score (nSPS) is 25.4. The van der Waals surface area contributed by atoms with Crippen molar-refractivity contribution >= 4 is 11.8 Å². The Balaban J connectivity index is 1.20. The second kappa shape index (κ2) is 8.25. The lowest BCUT2D eigenvalue weighted by Crippen LogP contribution is -2.47. The van der Waals surface area contributed by atoms with Crippen LogP contribution in [-0.2, 0) is 0 Å². The van der Waals surface area contributed by atoms with Crippen molar-refractivity contribution in [2.45, 2.75) is 38.1 Å². The van der Waals surface area contributed by atoms with Gasteiger partial charge >= 0.3 is 6.09 Å². The average Bonchev–Trinajstić information content (AvgIpc) is 3.16. The zero-order valence-corrected chi connectivity index (χ0v) is 15.7. The Morgan fingerprint density at radius 1 is 1.11 bits per heavy atom. The van der Waals surface area contributed by atoms with Crippen LogP contribution in [-0.4, -0.2) is 61.7 Å². The predicted molar refractivity (Wildman–Crippen MR) is 103 cm³/mol. The van der Waals surface area contributed by atoms with Crippen LogP contribution in [0.25, 0.3) is 0 Å². The molecular weight excluding hydrogens is 346 g/mol. The van der Waals surface area contributed by atoms with Crippen molar-refractivity contribution in [3.63, 3.8) is 0 Å². The first-order valence-electron chi connectivity index (χ1n) is 10.0. The Kier molecular flexibility index (Phi) is 5.57. The Morgan fingerprint density at radius 3 is 2.63 bits per heavy atom. The van der Waals surface area contributed by atoms with Gasteiger partial charge in [-0.25, -0.2) is 4.79 Å². The van der Waals surface area contributed by atoms with Crippen LogP contribution in [0.3, 0.4) is 0 Å². The summed E-state index contributed by atoms with van der Waals surface area (Å²) in [6.45, 7) is 5.61. The van der Waals surface area contributed by atoms with E-state index in [4.69, 9.17) is 14.6 Å². The molecule has 3 aliphatic rings. The highest BCUT2D eigenvalue weighted by atomic mass is 16.7. The SMILES string of the molecule is O=C(O)NC1CCC(CCN2CCN(c3cccc4c3OCO4)CC2)CC1. The molecule has 0 aromatic heterocycles. The molecule has 1 aromatic rings. The van der Waals surface area contributed by atoms with Crippen LogP contribution in [0.1, 0.15) is 32.1 Å². The minimum Gasteiger partial charge on any atom is -0.465 e. The van der Waals surface area contributed by atoms with Crippen molar-refractivity contribution in [3.8, 4) is 11.5 Å². The van der Waals surface area contributed by atoms with E-state index in [0.717, 1.165) is 81.5 Å². The molecule has 1 saturated heterocycles. The minimum atomic E-state index is -0.891. The number of carboxylic acid groups (broad SMARTS) is 1. The zero-order valence-electron chi connectivity index (χ0n) is 15.7. The molecule has 0 spiro atoms. The molecule has 2 heterocycles. The number of nitrogens with one attached hydrogen (secondary N) is 1. The summed E-state index contributed by atoms with van der Waals surface area (Å²) in [7, 11) is 0. The fourth-order valence-electron chi connectivity index (χ4n) is 4.51. The molecule has 27 heavy (non-hydrogen) atoms. The van der Waals surface area contributed by atoms with E-state index >= 15 is 0 Å². The van der Waals surface area contributed by atoms with E-state index in [9.17, 15) is 4.79 Å². The van der Waals surface area contributed by atoms with Crippen LogP contribution < -0.4 is 19.7 Å². The van der Waals surface area contributed by atoms with Crippen molar-refractivity contribution in [1.82, 2.24) is 10.2 Å². The molecule has 7 nitrogen and oxygen atoms in total. The standard InChI is InChI=1S/C20H29N3O4/c24-20(25)21-16-6-4-15(5-7-16)8-9-22-10-12-23(13-11-22)17-2-1-3-18-19(17)27-14-26-18/h1-3,15-16,21H,4-14H2,(H,24,25). The van der Waals surface area contributed by atoms with Gasteiger partial charge in [0, 0.05) is 32.2 Å². The molecule has 1 saturated carbocycles. The van der Waals surface area contributed by atoms with Gasteiger partial charge in [-0.3, -0.25) is 4.90 Å². The van der Waals surface area contributed by atoms with E-state index in [1.54, 1.807) is 0 Å².